The van der Waals surface area contributed by atoms with Crippen LogP contribution in [0.15, 0.2) is 58.3 Å². The van der Waals surface area contributed by atoms with Crippen LogP contribution in [0.25, 0.3) is 0 Å². The summed E-state index contributed by atoms with van der Waals surface area (Å²) in [6.07, 6.45) is 6.81. The van der Waals surface area contributed by atoms with Gasteiger partial charge in [0.25, 0.3) is 20.2 Å². The van der Waals surface area contributed by atoms with Crippen LogP contribution >= 0.6 is 0 Å². The normalized spacial score (nSPS) is 35.1. The van der Waals surface area contributed by atoms with E-state index in [1.807, 2.05) is 13.8 Å². The molecule has 2 aromatic rings. The lowest BCUT2D eigenvalue weighted by atomic mass is 9.43. The van der Waals surface area contributed by atoms with E-state index in [0.717, 1.165) is 49.7 Å². The van der Waals surface area contributed by atoms with Gasteiger partial charge in [-0.1, -0.05) is 56.2 Å². The maximum Gasteiger partial charge on any atom is 0.305 e. The van der Waals surface area contributed by atoms with Crippen LogP contribution in [0.1, 0.15) is 96.1 Å². The molecule has 0 aliphatic heterocycles. The van der Waals surface area contributed by atoms with Crippen LogP contribution in [0.4, 0.5) is 0 Å². The molecule has 0 heterocycles. The van der Waals surface area contributed by atoms with Gasteiger partial charge in [0.2, 0.25) is 0 Å². The molecule has 2 aromatic carbocycles. The number of benzene rings is 2. The predicted molar refractivity (Wildman–Crippen MR) is 187 cm³/mol. The van der Waals surface area contributed by atoms with Crippen molar-refractivity contribution in [2.45, 2.75) is 121 Å². The smallest absolute Gasteiger partial charge is 0.305 e. The number of carbonyl (C=O) groups is 1. The topological polar surface area (TPSA) is 113 Å². The van der Waals surface area contributed by atoms with Crippen LogP contribution in [0.3, 0.4) is 0 Å². The maximum absolute atomic E-state index is 13.9. The van der Waals surface area contributed by atoms with Crippen molar-refractivity contribution in [3.8, 4) is 0 Å². The number of hydrogen-bond acceptors (Lipinski definition) is 8. The third-order valence-electron chi connectivity index (χ3n) is 13.5. The number of esters is 1. The second-order valence-corrected chi connectivity index (χ2v) is 19.4. The van der Waals surface area contributed by atoms with E-state index in [1.165, 1.54) is 7.11 Å². The minimum Gasteiger partial charge on any atom is -0.469 e. The Balaban J connectivity index is 1.29. The monoisotopic (exact) mass is 714 g/mol. The van der Waals surface area contributed by atoms with Crippen LogP contribution in [-0.4, -0.2) is 42.1 Å². The lowest BCUT2D eigenvalue weighted by Gasteiger charge is -2.62. The molecule has 4 aliphatic rings. The van der Waals surface area contributed by atoms with Gasteiger partial charge in [0.05, 0.1) is 29.1 Å². The van der Waals surface area contributed by atoms with Crippen LogP contribution in [0.2, 0.25) is 0 Å². The number of carbonyl (C=O) groups excluding carboxylic acids is 1. The summed E-state index contributed by atoms with van der Waals surface area (Å²) in [5.74, 6) is 1.64. The van der Waals surface area contributed by atoms with Gasteiger partial charge in [0, 0.05) is 6.42 Å². The molecule has 10 atom stereocenters. The standard InChI is InChI=1S/C39H54O8S2/c1-25-7-12-29(13-8-25)48(41,42)46-28-19-21-39(5)34-20-22-38(4)32(27(3)11-18-37(40)45-6)16-17-33(38)31(34)24-36(35(39)23-28)47-49(43,44)30-14-9-26(2)10-15-30/h7-10,12-15,27-28,31-36H,11,16-24H2,1-6H3/t27-,28-,31-,32-,33-,34-,35+,36+,38-,39-/m1/s1. The molecule has 0 unspecified atom stereocenters. The zero-order valence-corrected chi connectivity index (χ0v) is 31.5. The summed E-state index contributed by atoms with van der Waals surface area (Å²) in [6.45, 7) is 10.8. The molecule has 49 heavy (non-hydrogen) atoms. The highest BCUT2D eigenvalue weighted by atomic mass is 32.2. The number of hydrogen-bond donors (Lipinski definition) is 0. The molecule has 10 heteroatoms. The van der Waals surface area contributed by atoms with Crippen LogP contribution < -0.4 is 0 Å². The van der Waals surface area contributed by atoms with Gasteiger partial charge in [0.15, 0.2) is 0 Å². The number of fused-ring (bicyclic) bond motifs is 5. The van der Waals surface area contributed by atoms with E-state index in [9.17, 15) is 21.6 Å². The molecular weight excluding hydrogens is 661 g/mol. The van der Waals surface area contributed by atoms with E-state index in [1.54, 1.807) is 48.5 Å². The molecule has 6 rings (SSSR count). The highest BCUT2D eigenvalue weighted by molar-refractivity contribution is 7.87. The zero-order chi connectivity index (χ0) is 35.4. The van der Waals surface area contributed by atoms with Gasteiger partial charge < -0.3 is 4.74 Å². The summed E-state index contributed by atoms with van der Waals surface area (Å²) in [6, 6.07) is 13.4. The van der Waals surface area contributed by atoms with E-state index in [2.05, 4.69) is 20.8 Å². The molecule has 270 valence electrons. The van der Waals surface area contributed by atoms with E-state index in [4.69, 9.17) is 13.1 Å². The van der Waals surface area contributed by atoms with Gasteiger partial charge in [0.1, 0.15) is 0 Å². The lowest BCUT2D eigenvalue weighted by molar-refractivity contribution is -0.163. The number of rotatable bonds is 10. The first kappa shape index (κ1) is 36.5. The van der Waals surface area contributed by atoms with Gasteiger partial charge in [-0.15, -0.1) is 0 Å². The summed E-state index contributed by atoms with van der Waals surface area (Å²) < 4.78 is 71.7. The first-order chi connectivity index (χ1) is 23.1. The average molecular weight is 715 g/mol. The fourth-order valence-corrected chi connectivity index (χ4v) is 13.1. The second kappa shape index (κ2) is 13.7. The molecule has 0 bridgehead atoms. The van der Waals surface area contributed by atoms with Crippen molar-refractivity contribution in [2.75, 3.05) is 7.11 Å². The zero-order valence-electron chi connectivity index (χ0n) is 29.9. The summed E-state index contributed by atoms with van der Waals surface area (Å²) >= 11 is 0. The molecule has 0 aromatic heterocycles. The van der Waals surface area contributed by atoms with Crippen molar-refractivity contribution in [3.63, 3.8) is 0 Å². The molecule has 4 aliphatic carbocycles. The Hall–Kier alpha value is -2.27. The minimum absolute atomic E-state index is 0.0999. The van der Waals surface area contributed by atoms with Crippen LogP contribution in [-0.2, 0) is 38.1 Å². The Morgan fingerprint density at radius 3 is 1.90 bits per heavy atom. The molecule has 4 saturated carbocycles. The predicted octanol–water partition coefficient (Wildman–Crippen LogP) is 8.01. The molecular formula is C39H54O8S2. The SMILES string of the molecule is COC(=O)CC[C@@H](C)[C@H]1CC[C@@H]2[C@H]3C[C@H](OS(=O)(=O)c4ccc(C)cc4)[C@@H]4C[C@H](OS(=O)(=O)c5ccc(C)cc5)CC[C@]4(C)[C@@H]3CC[C@@]21C. The second-order valence-electron chi connectivity index (χ2n) is 16.2. The molecule has 8 nitrogen and oxygen atoms in total. The minimum atomic E-state index is -4.07. The van der Waals surface area contributed by atoms with Crippen molar-refractivity contribution < 1.29 is 34.7 Å². The molecule has 0 saturated heterocycles. The summed E-state index contributed by atoms with van der Waals surface area (Å²) in [4.78, 5) is 12.2. The van der Waals surface area contributed by atoms with E-state index < -0.39 is 32.4 Å². The van der Waals surface area contributed by atoms with Crippen molar-refractivity contribution in [3.05, 3.63) is 59.7 Å². The Kier molecular flexibility index (Phi) is 10.2. The fraction of sp³-hybridized carbons (Fsp3) is 0.667. The van der Waals surface area contributed by atoms with Gasteiger partial charge in [-0.25, -0.2) is 0 Å². The number of aryl methyl sites for hydroxylation is 2. The van der Waals surface area contributed by atoms with Gasteiger partial charge in [-0.05, 0) is 142 Å². The van der Waals surface area contributed by atoms with E-state index in [0.29, 0.717) is 55.3 Å². The fourth-order valence-electron chi connectivity index (χ4n) is 10.9. The molecule has 4 fully saturated rings. The Bertz CT molecular complexity index is 1720. The third kappa shape index (κ3) is 7.01. The molecule has 0 N–H and O–H groups in total. The summed E-state index contributed by atoms with van der Waals surface area (Å²) in [5.41, 5.74) is 1.81. The lowest BCUT2D eigenvalue weighted by Crippen LogP contribution is -2.59. The quantitative estimate of drug-likeness (QED) is 0.180. The maximum atomic E-state index is 13.9. The van der Waals surface area contributed by atoms with Crippen molar-refractivity contribution in [1.82, 2.24) is 0 Å². The van der Waals surface area contributed by atoms with Gasteiger partial charge in [-0.3, -0.25) is 13.2 Å². The van der Waals surface area contributed by atoms with Gasteiger partial charge >= 0.3 is 5.97 Å². The first-order valence-electron chi connectivity index (χ1n) is 18.1. The molecule has 0 amide bonds. The first-order valence-corrected chi connectivity index (χ1v) is 21.0. The van der Waals surface area contributed by atoms with E-state index in [-0.39, 0.29) is 32.5 Å². The van der Waals surface area contributed by atoms with Crippen LogP contribution in [0, 0.1) is 60.2 Å². The Morgan fingerprint density at radius 2 is 1.31 bits per heavy atom. The largest absolute Gasteiger partial charge is 0.469 e. The molecule has 0 radical (unpaired) electrons. The highest BCUT2D eigenvalue weighted by Gasteiger charge is 2.63. The van der Waals surface area contributed by atoms with Crippen molar-refractivity contribution >= 4 is 26.2 Å². The van der Waals surface area contributed by atoms with Crippen molar-refractivity contribution in [1.29, 1.82) is 0 Å². The average Bonchev–Trinajstić information content (AvgIpc) is 3.41. The van der Waals surface area contributed by atoms with Crippen molar-refractivity contribution in [2.24, 2.45) is 46.3 Å². The number of methoxy groups -OCH3 is 1. The Morgan fingerprint density at radius 1 is 0.755 bits per heavy atom. The molecule has 0 spiro atoms. The third-order valence-corrected chi connectivity index (χ3v) is 16.3. The van der Waals surface area contributed by atoms with Gasteiger partial charge in [-0.2, -0.15) is 16.8 Å². The highest BCUT2D eigenvalue weighted by Crippen LogP contribution is 2.69. The number of ether oxygens (including phenoxy) is 1. The van der Waals surface area contributed by atoms with E-state index >= 15 is 0 Å². The summed E-state index contributed by atoms with van der Waals surface area (Å²) in [5, 5.41) is 0. The Labute approximate surface area is 293 Å². The summed E-state index contributed by atoms with van der Waals surface area (Å²) in [7, 11) is -6.62. The van der Waals surface area contributed by atoms with Crippen LogP contribution in [0.5, 0.6) is 0 Å².